The van der Waals surface area contributed by atoms with Gasteiger partial charge in [-0.05, 0) is 0 Å². The van der Waals surface area contributed by atoms with E-state index in [1.807, 2.05) is 0 Å². The minimum absolute atomic E-state index is 0.0277. The fraction of sp³-hybridized carbons (Fsp3) is 0. The van der Waals surface area contributed by atoms with E-state index in [1.165, 1.54) is 6.07 Å². The van der Waals surface area contributed by atoms with Gasteiger partial charge in [-0.1, -0.05) is 0 Å². The number of aromatic hydroxyl groups is 2. The van der Waals surface area contributed by atoms with Crippen LogP contribution in [-0.4, -0.2) is 32.7 Å². The van der Waals surface area contributed by atoms with Gasteiger partial charge in [-0.3, -0.25) is 0 Å². The minimum atomic E-state index is -0.0481. The molecule has 0 heterocycles. The molecule has 3 heteroatoms. The van der Waals surface area contributed by atoms with Gasteiger partial charge >= 0.3 is 66.0 Å². The van der Waals surface area contributed by atoms with Gasteiger partial charge in [0.25, 0.3) is 0 Å². The van der Waals surface area contributed by atoms with E-state index in [4.69, 9.17) is 10.2 Å². The Hall–Kier alpha value is -0.381. The Morgan fingerprint density at radius 1 is 1.11 bits per heavy atom. The molecule has 0 aliphatic rings. The van der Waals surface area contributed by atoms with Crippen molar-refractivity contribution >= 4 is 26.1 Å². The molecular formula is C6H6O2Sn. The van der Waals surface area contributed by atoms with Crippen LogP contribution in [0.5, 0.6) is 11.5 Å². The molecule has 2 N–H and O–H groups in total. The van der Waals surface area contributed by atoms with Crippen LogP contribution >= 0.6 is 0 Å². The molecule has 0 atom stereocenters. The molecule has 0 saturated carbocycles. The number of hydrogen-bond donors (Lipinski definition) is 2. The second-order valence-electron chi connectivity index (χ2n) is 1.75. The third-order valence-corrected chi connectivity index (χ3v) is 2.02. The third kappa shape index (κ3) is 1.51. The third-order valence-electron chi connectivity index (χ3n) is 0.999. The fourth-order valence-corrected chi connectivity index (χ4v) is 1.27. The van der Waals surface area contributed by atoms with Gasteiger partial charge in [0.05, 0.1) is 0 Å². The molecular weight excluding hydrogens is 223 g/mol. The van der Waals surface area contributed by atoms with Crippen molar-refractivity contribution in [2.75, 3.05) is 0 Å². The molecule has 46 valence electrons. The van der Waals surface area contributed by atoms with E-state index >= 15 is 0 Å². The van der Waals surface area contributed by atoms with E-state index in [1.54, 1.807) is 12.1 Å². The van der Waals surface area contributed by atoms with Crippen LogP contribution in [0.3, 0.4) is 0 Å². The van der Waals surface area contributed by atoms with Gasteiger partial charge in [-0.25, -0.2) is 0 Å². The molecule has 0 fully saturated rings. The predicted octanol–water partition coefficient (Wildman–Crippen LogP) is -0.376. The van der Waals surface area contributed by atoms with Crippen molar-refractivity contribution < 1.29 is 10.2 Å². The maximum atomic E-state index is 8.87. The van der Waals surface area contributed by atoms with Crippen molar-refractivity contribution in [1.29, 1.82) is 0 Å². The molecule has 0 unspecified atom stereocenters. The summed E-state index contributed by atoms with van der Waals surface area (Å²) in [6.45, 7) is 0. The number of benzene rings is 1. The number of phenolic OH excluding ortho intramolecular Hbond substituents is 2. The van der Waals surface area contributed by atoms with Crippen LogP contribution in [0.2, 0.25) is 0 Å². The van der Waals surface area contributed by atoms with Gasteiger partial charge in [0.2, 0.25) is 0 Å². The van der Waals surface area contributed by atoms with E-state index in [0.29, 0.717) is 0 Å². The summed E-state index contributed by atoms with van der Waals surface area (Å²) >= 11 is 0.960. The first-order valence-electron chi connectivity index (χ1n) is 2.47. The summed E-state index contributed by atoms with van der Waals surface area (Å²) < 4.78 is 1.07. The van der Waals surface area contributed by atoms with E-state index in [9.17, 15) is 0 Å². The average Bonchev–Trinajstić information content (AvgIpc) is 1.80. The van der Waals surface area contributed by atoms with Crippen LogP contribution in [0.1, 0.15) is 0 Å². The summed E-state index contributed by atoms with van der Waals surface area (Å²) in [6, 6.07) is 4.85. The molecule has 2 radical (unpaired) electrons. The Balaban J connectivity index is 3.17. The zero-order valence-corrected chi connectivity index (χ0v) is 8.00. The maximum absolute atomic E-state index is 8.87. The van der Waals surface area contributed by atoms with Crippen LogP contribution in [0.4, 0.5) is 0 Å². The Morgan fingerprint density at radius 2 is 1.78 bits per heavy atom. The first-order valence-corrected chi connectivity index (χ1v) is 4.12. The summed E-state index contributed by atoms with van der Waals surface area (Å²) in [5, 5.41) is 17.7. The van der Waals surface area contributed by atoms with Crippen LogP contribution in [-0.2, 0) is 0 Å². The summed E-state index contributed by atoms with van der Waals surface area (Å²) in [4.78, 5) is 0. The fourth-order valence-electron chi connectivity index (χ4n) is 0.540. The zero-order valence-electron chi connectivity index (χ0n) is 4.70. The summed E-state index contributed by atoms with van der Waals surface area (Å²) in [6.07, 6.45) is 0. The second kappa shape index (κ2) is 2.47. The summed E-state index contributed by atoms with van der Waals surface area (Å²) in [7, 11) is 0. The molecule has 0 amide bonds. The topological polar surface area (TPSA) is 40.5 Å². The summed E-state index contributed by atoms with van der Waals surface area (Å²) in [5.74, 6) is -0.0758. The monoisotopic (exact) mass is 230 g/mol. The van der Waals surface area contributed by atoms with Crippen molar-refractivity contribution in [3.8, 4) is 11.5 Å². The quantitative estimate of drug-likeness (QED) is 0.470. The van der Waals surface area contributed by atoms with Crippen molar-refractivity contribution in [2.24, 2.45) is 0 Å². The molecule has 0 aromatic heterocycles. The Morgan fingerprint density at radius 3 is 2.22 bits per heavy atom. The van der Waals surface area contributed by atoms with Gasteiger partial charge in [-0.2, -0.15) is 0 Å². The normalized spacial score (nSPS) is 9.44. The van der Waals surface area contributed by atoms with E-state index in [-0.39, 0.29) is 11.5 Å². The van der Waals surface area contributed by atoms with Gasteiger partial charge in [0.1, 0.15) is 0 Å². The zero-order chi connectivity index (χ0) is 6.85. The Kier molecular flexibility index (Phi) is 1.85. The number of rotatable bonds is 0. The van der Waals surface area contributed by atoms with Crippen molar-refractivity contribution in [3.05, 3.63) is 18.2 Å². The average molecular weight is 229 g/mol. The summed E-state index contributed by atoms with van der Waals surface area (Å²) in [5.41, 5.74) is 0. The van der Waals surface area contributed by atoms with Gasteiger partial charge in [-0.15, -0.1) is 0 Å². The molecule has 0 saturated heterocycles. The Bertz CT molecular complexity index is 222. The molecule has 2 nitrogen and oxygen atoms in total. The second-order valence-corrected chi connectivity index (χ2v) is 3.65. The number of phenols is 2. The standard InChI is InChI=1S/C6H5O2.Sn.H/c7-5-3-1-2-4-6(5)8;;/h1,3-4,7-8H;;. The number of hydrogen-bond acceptors (Lipinski definition) is 2. The van der Waals surface area contributed by atoms with Crippen LogP contribution in [0.25, 0.3) is 0 Å². The molecule has 1 rings (SSSR count). The molecule has 1 aromatic carbocycles. The van der Waals surface area contributed by atoms with Crippen molar-refractivity contribution in [1.82, 2.24) is 0 Å². The van der Waals surface area contributed by atoms with E-state index in [0.717, 1.165) is 26.1 Å². The molecule has 9 heavy (non-hydrogen) atoms. The first-order chi connectivity index (χ1) is 4.20. The Labute approximate surface area is 66.2 Å². The van der Waals surface area contributed by atoms with Gasteiger partial charge in [0.15, 0.2) is 0 Å². The first kappa shape index (κ1) is 6.73. The SMILES string of the molecule is Oc1cc[c]([SnH])cc1O. The molecule has 1 aromatic rings. The van der Waals surface area contributed by atoms with Crippen LogP contribution < -0.4 is 3.58 Å². The van der Waals surface area contributed by atoms with Gasteiger partial charge < -0.3 is 0 Å². The van der Waals surface area contributed by atoms with E-state index in [2.05, 4.69) is 0 Å². The van der Waals surface area contributed by atoms with Crippen molar-refractivity contribution in [2.45, 2.75) is 0 Å². The van der Waals surface area contributed by atoms with Crippen LogP contribution in [0.15, 0.2) is 18.2 Å². The molecule has 0 spiro atoms. The molecule has 0 bridgehead atoms. The molecule has 0 aliphatic heterocycles. The van der Waals surface area contributed by atoms with E-state index < -0.39 is 0 Å². The van der Waals surface area contributed by atoms with Crippen molar-refractivity contribution in [3.63, 3.8) is 0 Å². The predicted molar refractivity (Wildman–Crippen MR) is 36.6 cm³/mol. The van der Waals surface area contributed by atoms with Crippen LogP contribution in [0, 0.1) is 0 Å². The van der Waals surface area contributed by atoms with Gasteiger partial charge in [0, 0.05) is 0 Å². The molecule has 0 aliphatic carbocycles.